The van der Waals surface area contributed by atoms with E-state index in [1.54, 1.807) is 0 Å². The van der Waals surface area contributed by atoms with Crippen molar-refractivity contribution in [3.05, 3.63) is 0 Å². The fourth-order valence-corrected chi connectivity index (χ4v) is 3.57. The fraction of sp³-hybridized carbons (Fsp3) is 1.00. The predicted octanol–water partition coefficient (Wildman–Crippen LogP) is 3.52. The smallest absolute Gasteiger partial charge is 0.0223 e. The van der Waals surface area contributed by atoms with Crippen LogP contribution in [0, 0.1) is 0 Å². The normalized spacial score (nSPS) is 23.8. The zero-order valence-corrected chi connectivity index (χ0v) is 12.4. The van der Waals surface area contributed by atoms with Crippen LogP contribution in [0.4, 0.5) is 0 Å². The average molecular weight is 252 g/mol. The molecule has 2 fully saturated rings. The molecule has 2 saturated heterocycles. The van der Waals surface area contributed by atoms with Crippen molar-refractivity contribution < 1.29 is 0 Å². The van der Waals surface area contributed by atoms with Gasteiger partial charge in [0.25, 0.3) is 0 Å². The summed E-state index contributed by atoms with van der Waals surface area (Å²) in [7, 11) is 0. The van der Waals surface area contributed by atoms with Crippen molar-refractivity contribution in [3.63, 3.8) is 0 Å². The van der Waals surface area contributed by atoms with Crippen LogP contribution in [-0.2, 0) is 0 Å². The Morgan fingerprint density at radius 3 is 2.17 bits per heavy atom. The lowest BCUT2D eigenvalue weighted by molar-refractivity contribution is 0.167. The van der Waals surface area contributed by atoms with E-state index in [1.165, 1.54) is 90.5 Å². The summed E-state index contributed by atoms with van der Waals surface area (Å²) < 4.78 is 0. The Kier molecular flexibility index (Phi) is 6.50. The third-order valence-corrected chi connectivity index (χ3v) is 4.72. The molecule has 2 aliphatic rings. The molecular formula is C16H32N2. The van der Waals surface area contributed by atoms with Crippen LogP contribution in [0.3, 0.4) is 0 Å². The van der Waals surface area contributed by atoms with Gasteiger partial charge in [0, 0.05) is 12.6 Å². The molecule has 18 heavy (non-hydrogen) atoms. The standard InChI is InChI=1S/C16H32N2/c1-2-3-4-5-10-16(18-13-8-9-14-18)15-17-11-6-7-12-17/h16H,2-15H2,1H3/t16-/m1/s1. The van der Waals surface area contributed by atoms with E-state index in [4.69, 9.17) is 0 Å². The first-order chi connectivity index (χ1) is 8.90. The van der Waals surface area contributed by atoms with Gasteiger partial charge in [0.15, 0.2) is 0 Å². The topological polar surface area (TPSA) is 6.48 Å². The number of hydrogen-bond donors (Lipinski definition) is 0. The first-order valence-electron chi connectivity index (χ1n) is 8.36. The monoisotopic (exact) mass is 252 g/mol. The Balaban J connectivity index is 1.73. The molecular weight excluding hydrogens is 220 g/mol. The molecule has 0 bridgehead atoms. The van der Waals surface area contributed by atoms with Crippen molar-refractivity contribution in [1.29, 1.82) is 0 Å². The van der Waals surface area contributed by atoms with E-state index in [-0.39, 0.29) is 0 Å². The molecule has 2 nitrogen and oxygen atoms in total. The highest BCUT2D eigenvalue weighted by Crippen LogP contribution is 2.19. The molecule has 0 amide bonds. The van der Waals surface area contributed by atoms with Crippen LogP contribution in [-0.4, -0.2) is 48.6 Å². The summed E-state index contributed by atoms with van der Waals surface area (Å²) in [6.07, 6.45) is 12.9. The highest BCUT2D eigenvalue weighted by Gasteiger charge is 2.24. The van der Waals surface area contributed by atoms with Gasteiger partial charge in [-0.05, 0) is 58.3 Å². The molecule has 0 aromatic heterocycles. The third-order valence-electron chi connectivity index (χ3n) is 4.72. The van der Waals surface area contributed by atoms with Crippen molar-refractivity contribution in [2.24, 2.45) is 0 Å². The highest BCUT2D eigenvalue weighted by atomic mass is 15.2. The number of likely N-dealkylation sites (tertiary alicyclic amines) is 2. The number of hydrogen-bond acceptors (Lipinski definition) is 2. The Bertz CT molecular complexity index is 205. The molecule has 106 valence electrons. The lowest BCUT2D eigenvalue weighted by Crippen LogP contribution is -2.41. The molecule has 2 rings (SSSR count). The minimum atomic E-state index is 0.863. The van der Waals surface area contributed by atoms with Crippen LogP contribution in [0.25, 0.3) is 0 Å². The van der Waals surface area contributed by atoms with E-state index in [1.807, 2.05) is 0 Å². The number of nitrogens with zero attached hydrogens (tertiary/aromatic N) is 2. The molecule has 0 aromatic carbocycles. The summed E-state index contributed by atoms with van der Waals surface area (Å²) in [6, 6.07) is 0.863. The van der Waals surface area contributed by atoms with Crippen LogP contribution in [0.2, 0.25) is 0 Å². The maximum absolute atomic E-state index is 2.78. The van der Waals surface area contributed by atoms with Gasteiger partial charge in [0.1, 0.15) is 0 Å². The minimum absolute atomic E-state index is 0.863. The van der Waals surface area contributed by atoms with E-state index < -0.39 is 0 Å². The predicted molar refractivity (Wildman–Crippen MR) is 79.0 cm³/mol. The zero-order valence-electron chi connectivity index (χ0n) is 12.4. The largest absolute Gasteiger partial charge is 0.302 e. The first-order valence-corrected chi connectivity index (χ1v) is 8.36. The Morgan fingerprint density at radius 1 is 0.833 bits per heavy atom. The van der Waals surface area contributed by atoms with Gasteiger partial charge in [-0.2, -0.15) is 0 Å². The van der Waals surface area contributed by atoms with E-state index in [0.717, 1.165) is 6.04 Å². The molecule has 2 heteroatoms. The molecule has 0 aromatic rings. The van der Waals surface area contributed by atoms with Gasteiger partial charge in [0.05, 0.1) is 0 Å². The van der Waals surface area contributed by atoms with Gasteiger partial charge in [-0.3, -0.25) is 4.90 Å². The molecule has 1 atom stereocenters. The molecule has 0 radical (unpaired) electrons. The van der Waals surface area contributed by atoms with Gasteiger partial charge in [-0.1, -0.05) is 32.6 Å². The van der Waals surface area contributed by atoms with Crippen LogP contribution in [0.1, 0.15) is 64.7 Å². The van der Waals surface area contributed by atoms with Gasteiger partial charge in [-0.15, -0.1) is 0 Å². The molecule has 0 unspecified atom stereocenters. The van der Waals surface area contributed by atoms with E-state index in [9.17, 15) is 0 Å². The molecule has 0 N–H and O–H groups in total. The lowest BCUT2D eigenvalue weighted by atomic mass is 10.1. The van der Waals surface area contributed by atoms with Gasteiger partial charge in [-0.25, -0.2) is 0 Å². The van der Waals surface area contributed by atoms with E-state index in [2.05, 4.69) is 16.7 Å². The van der Waals surface area contributed by atoms with E-state index >= 15 is 0 Å². The fourth-order valence-electron chi connectivity index (χ4n) is 3.57. The van der Waals surface area contributed by atoms with Gasteiger partial charge < -0.3 is 4.90 Å². The molecule has 0 spiro atoms. The van der Waals surface area contributed by atoms with Crippen LogP contribution >= 0.6 is 0 Å². The molecule has 2 aliphatic heterocycles. The lowest BCUT2D eigenvalue weighted by Gasteiger charge is -2.31. The van der Waals surface area contributed by atoms with Crippen molar-refractivity contribution in [1.82, 2.24) is 9.80 Å². The van der Waals surface area contributed by atoms with Crippen molar-refractivity contribution in [2.45, 2.75) is 70.8 Å². The second-order valence-electron chi connectivity index (χ2n) is 6.25. The number of rotatable bonds is 8. The summed E-state index contributed by atoms with van der Waals surface area (Å²) in [5, 5.41) is 0. The van der Waals surface area contributed by atoms with Crippen LogP contribution < -0.4 is 0 Å². The van der Waals surface area contributed by atoms with Gasteiger partial charge >= 0.3 is 0 Å². The number of unbranched alkanes of at least 4 members (excludes halogenated alkanes) is 3. The Labute approximate surface area is 114 Å². The van der Waals surface area contributed by atoms with Crippen molar-refractivity contribution in [2.75, 3.05) is 32.7 Å². The maximum Gasteiger partial charge on any atom is 0.0223 e. The summed E-state index contributed by atoms with van der Waals surface area (Å²) in [4.78, 5) is 5.49. The van der Waals surface area contributed by atoms with Crippen LogP contribution in [0.15, 0.2) is 0 Å². The average Bonchev–Trinajstić information content (AvgIpc) is 3.05. The molecule has 0 saturated carbocycles. The third kappa shape index (κ3) is 4.55. The quantitative estimate of drug-likeness (QED) is 0.610. The van der Waals surface area contributed by atoms with Crippen molar-refractivity contribution >= 4 is 0 Å². The zero-order chi connectivity index (χ0) is 12.6. The van der Waals surface area contributed by atoms with Crippen LogP contribution in [0.5, 0.6) is 0 Å². The van der Waals surface area contributed by atoms with E-state index in [0.29, 0.717) is 0 Å². The second kappa shape index (κ2) is 8.16. The van der Waals surface area contributed by atoms with Gasteiger partial charge in [0.2, 0.25) is 0 Å². The Morgan fingerprint density at radius 2 is 1.50 bits per heavy atom. The first kappa shape index (κ1) is 14.3. The summed E-state index contributed by atoms with van der Waals surface area (Å²) in [5.41, 5.74) is 0. The molecule has 0 aliphatic carbocycles. The minimum Gasteiger partial charge on any atom is -0.302 e. The highest BCUT2D eigenvalue weighted by molar-refractivity contribution is 4.81. The summed E-state index contributed by atoms with van der Waals surface area (Å²) in [6.45, 7) is 9.12. The maximum atomic E-state index is 2.78. The second-order valence-corrected chi connectivity index (χ2v) is 6.25. The SMILES string of the molecule is CCCCCC[C@H](CN1CCCC1)N1CCCC1. The van der Waals surface area contributed by atoms with Crippen molar-refractivity contribution in [3.8, 4) is 0 Å². The summed E-state index contributed by atoms with van der Waals surface area (Å²) >= 11 is 0. The Hall–Kier alpha value is -0.0800. The summed E-state index contributed by atoms with van der Waals surface area (Å²) in [5.74, 6) is 0. The molecule has 2 heterocycles.